The Bertz CT molecular complexity index is 791. The molecule has 1 N–H and O–H groups in total. The molecule has 0 aliphatic rings. The maximum Gasteiger partial charge on any atom is 0.260 e. The SMILES string of the molecule is CCN(CC(=O)NCc1ccc(Cl)cc1)C(=O)COc1cc(C)ccc1C. The largest absolute Gasteiger partial charge is 0.483 e. The number of aryl methyl sites for hydroxylation is 2. The van der Waals surface area contributed by atoms with Crippen molar-refractivity contribution in [3.8, 4) is 5.75 Å². The molecular weight excluding hydrogens is 364 g/mol. The van der Waals surface area contributed by atoms with Gasteiger partial charge in [0, 0.05) is 18.1 Å². The fourth-order valence-corrected chi connectivity index (χ4v) is 2.63. The Kier molecular flexibility index (Phi) is 7.67. The van der Waals surface area contributed by atoms with E-state index in [1.54, 1.807) is 12.1 Å². The molecule has 2 amide bonds. The van der Waals surface area contributed by atoms with Crippen LogP contribution in [0.5, 0.6) is 5.75 Å². The Morgan fingerprint density at radius 2 is 1.81 bits per heavy atom. The Hall–Kier alpha value is -2.53. The molecule has 2 aromatic rings. The minimum atomic E-state index is -0.222. The van der Waals surface area contributed by atoms with Crippen molar-refractivity contribution < 1.29 is 14.3 Å². The zero-order chi connectivity index (χ0) is 19.8. The molecule has 0 saturated heterocycles. The summed E-state index contributed by atoms with van der Waals surface area (Å²) < 4.78 is 5.65. The number of hydrogen-bond acceptors (Lipinski definition) is 3. The number of carbonyl (C=O) groups is 2. The fourth-order valence-electron chi connectivity index (χ4n) is 2.50. The van der Waals surface area contributed by atoms with Crippen molar-refractivity contribution in [1.82, 2.24) is 10.2 Å². The second-order valence-electron chi connectivity index (χ2n) is 6.37. The monoisotopic (exact) mass is 388 g/mol. The van der Waals surface area contributed by atoms with Crippen LogP contribution in [0, 0.1) is 13.8 Å². The van der Waals surface area contributed by atoms with Crippen molar-refractivity contribution in [1.29, 1.82) is 0 Å². The van der Waals surface area contributed by atoms with Gasteiger partial charge in [0.25, 0.3) is 5.91 Å². The molecule has 0 spiro atoms. The molecule has 27 heavy (non-hydrogen) atoms. The predicted octanol–water partition coefficient (Wildman–Crippen LogP) is 3.50. The van der Waals surface area contributed by atoms with Crippen LogP contribution in [0.2, 0.25) is 5.02 Å². The van der Waals surface area contributed by atoms with Crippen LogP contribution in [-0.2, 0) is 16.1 Å². The Morgan fingerprint density at radius 1 is 1.11 bits per heavy atom. The van der Waals surface area contributed by atoms with Gasteiger partial charge in [-0.2, -0.15) is 0 Å². The maximum absolute atomic E-state index is 12.4. The normalized spacial score (nSPS) is 10.4. The first-order chi connectivity index (χ1) is 12.9. The van der Waals surface area contributed by atoms with E-state index >= 15 is 0 Å². The molecule has 0 aromatic heterocycles. The third-order valence-corrected chi connectivity index (χ3v) is 4.42. The second-order valence-corrected chi connectivity index (χ2v) is 6.81. The first-order valence-electron chi connectivity index (χ1n) is 8.88. The molecule has 144 valence electrons. The summed E-state index contributed by atoms with van der Waals surface area (Å²) in [6, 6.07) is 13.1. The van der Waals surface area contributed by atoms with E-state index in [0.717, 1.165) is 16.7 Å². The zero-order valence-corrected chi connectivity index (χ0v) is 16.7. The summed E-state index contributed by atoms with van der Waals surface area (Å²) in [5.74, 6) is 0.249. The molecule has 0 unspecified atom stereocenters. The highest BCUT2D eigenvalue weighted by molar-refractivity contribution is 6.30. The summed E-state index contributed by atoms with van der Waals surface area (Å²) in [7, 11) is 0. The highest BCUT2D eigenvalue weighted by Gasteiger charge is 2.16. The van der Waals surface area contributed by atoms with Crippen LogP contribution in [0.3, 0.4) is 0 Å². The molecule has 0 atom stereocenters. The maximum atomic E-state index is 12.4. The van der Waals surface area contributed by atoms with Gasteiger partial charge >= 0.3 is 0 Å². The molecule has 0 radical (unpaired) electrons. The number of halogens is 1. The van der Waals surface area contributed by atoms with E-state index in [0.29, 0.717) is 23.9 Å². The average Bonchev–Trinajstić information content (AvgIpc) is 2.66. The zero-order valence-electron chi connectivity index (χ0n) is 15.9. The fraction of sp³-hybridized carbons (Fsp3) is 0.333. The lowest BCUT2D eigenvalue weighted by atomic mass is 10.1. The highest BCUT2D eigenvalue weighted by atomic mass is 35.5. The summed E-state index contributed by atoms with van der Waals surface area (Å²) in [6.07, 6.45) is 0. The topological polar surface area (TPSA) is 58.6 Å². The van der Waals surface area contributed by atoms with Crippen molar-refractivity contribution in [3.63, 3.8) is 0 Å². The van der Waals surface area contributed by atoms with Crippen LogP contribution in [0.25, 0.3) is 0 Å². The van der Waals surface area contributed by atoms with Crippen LogP contribution in [-0.4, -0.2) is 36.4 Å². The third kappa shape index (κ3) is 6.61. The summed E-state index contributed by atoms with van der Waals surface area (Å²) in [5, 5.41) is 3.46. The van der Waals surface area contributed by atoms with E-state index in [1.165, 1.54) is 4.90 Å². The molecular formula is C21H25ClN2O3. The molecule has 0 fully saturated rings. The van der Waals surface area contributed by atoms with Crippen LogP contribution in [0.1, 0.15) is 23.6 Å². The number of benzene rings is 2. The van der Waals surface area contributed by atoms with E-state index in [1.807, 2.05) is 51.1 Å². The van der Waals surface area contributed by atoms with E-state index in [-0.39, 0.29) is 25.0 Å². The first-order valence-corrected chi connectivity index (χ1v) is 9.25. The lowest BCUT2D eigenvalue weighted by molar-refractivity contribution is -0.137. The number of amides is 2. The summed E-state index contributed by atoms with van der Waals surface area (Å²) in [5.41, 5.74) is 2.98. The third-order valence-electron chi connectivity index (χ3n) is 4.17. The average molecular weight is 389 g/mol. The minimum Gasteiger partial charge on any atom is -0.483 e. The predicted molar refractivity (Wildman–Crippen MR) is 107 cm³/mol. The molecule has 2 rings (SSSR count). The molecule has 0 heterocycles. The van der Waals surface area contributed by atoms with Crippen LogP contribution < -0.4 is 10.1 Å². The van der Waals surface area contributed by atoms with E-state index < -0.39 is 0 Å². The Balaban J connectivity index is 1.83. The van der Waals surface area contributed by atoms with Gasteiger partial charge < -0.3 is 15.0 Å². The molecule has 2 aromatic carbocycles. The number of nitrogens with zero attached hydrogens (tertiary/aromatic N) is 1. The van der Waals surface area contributed by atoms with E-state index in [4.69, 9.17) is 16.3 Å². The van der Waals surface area contributed by atoms with Gasteiger partial charge in [0.2, 0.25) is 5.91 Å². The standard InChI is InChI=1S/C21H25ClN2O3/c1-4-24(13-20(25)23-12-17-7-9-18(22)10-8-17)21(26)14-27-19-11-15(2)5-6-16(19)3/h5-11H,4,12-14H2,1-3H3,(H,23,25). The van der Waals surface area contributed by atoms with Gasteiger partial charge in [0.1, 0.15) is 5.75 Å². The summed E-state index contributed by atoms with van der Waals surface area (Å²) >= 11 is 5.85. The van der Waals surface area contributed by atoms with Crippen LogP contribution in [0.4, 0.5) is 0 Å². The molecule has 6 heteroatoms. The molecule has 0 aliphatic heterocycles. The van der Waals surface area contributed by atoms with Gasteiger partial charge in [0.05, 0.1) is 6.54 Å². The van der Waals surface area contributed by atoms with Crippen molar-refractivity contribution in [3.05, 3.63) is 64.2 Å². The van der Waals surface area contributed by atoms with Gasteiger partial charge in [0.15, 0.2) is 6.61 Å². The smallest absolute Gasteiger partial charge is 0.260 e. The molecule has 5 nitrogen and oxygen atoms in total. The van der Waals surface area contributed by atoms with Gasteiger partial charge in [-0.3, -0.25) is 9.59 Å². The number of likely N-dealkylation sites (N-methyl/N-ethyl adjacent to an activating group) is 1. The Labute approximate surface area is 165 Å². The Morgan fingerprint density at radius 3 is 2.48 bits per heavy atom. The van der Waals surface area contributed by atoms with Crippen molar-refractivity contribution >= 4 is 23.4 Å². The summed E-state index contributed by atoms with van der Waals surface area (Å²) in [6.45, 7) is 6.46. The van der Waals surface area contributed by atoms with Crippen molar-refractivity contribution in [2.45, 2.75) is 27.3 Å². The number of rotatable bonds is 8. The summed E-state index contributed by atoms with van der Waals surface area (Å²) in [4.78, 5) is 26.0. The van der Waals surface area contributed by atoms with Gasteiger partial charge in [-0.05, 0) is 55.7 Å². The van der Waals surface area contributed by atoms with Crippen LogP contribution in [0.15, 0.2) is 42.5 Å². The highest BCUT2D eigenvalue weighted by Crippen LogP contribution is 2.19. The number of ether oxygens (including phenoxy) is 1. The van der Waals surface area contributed by atoms with E-state index in [9.17, 15) is 9.59 Å². The molecule has 0 saturated carbocycles. The lowest BCUT2D eigenvalue weighted by Crippen LogP contribution is -2.42. The first kappa shape index (κ1) is 20.8. The number of carbonyl (C=O) groups excluding carboxylic acids is 2. The van der Waals surface area contributed by atoms with Crippen molar-refractivity contribution in [2.75, 3.05) is 19.7 Å². The second kappa shape index (κ2) is 9.97. The quantitative estimate of drug-likeness (QED) is 0.752. The number of nitrogens with one attached hydrogen (secondary N) is 1. The van der Waals surface area contributed by atoms with Gasteiger partial charge in [-0.1, -0.05) is 35.9 Å². The number of hydrogen-bond donors (Lipinski definition) is 1. The lowest BCUT2D eigenvalue weighted by Gasteiger charge is -2.21. The molecule has 0 aliphatic carbocycles. The van der Waals surface area contributed by atoms with Gasteiger partial charge in [-0.25, -0.2) is 0 Å². The minimum absolute atomic E-state index is 0.000910. The van der Waals surface area contributed by atoms with Gasteiger partial charge in [-0.15, -0.1) is 0 Å². The van der Waals surface area contributed by atoms with Crippen molar-refractivity contribution in [2.24, 2.45) is 0 Å². The van der Waals surface area contributed by atoms with E-state index in [2.05, 4.69) is 5.32 Å². The van der Waals surface area contributed by atoms with Crippen LogP contribution >= 0.6 is 11.6 Å². The molecule has 0 bridgehead atoms.